The van der Waals surface area contributed by atoms with Crippen molar-refractivity contribution in [2.75, 3.05) is 33.9 Å². The van der Waals surface area contributed by atoms with Crippen molar-refractivity contribution in [3.05, 3.63) is 29.8 Å². The topological polar surface area (TPSA) is 67.9 Å². The van der Waals surface area contributed by atoms with Crippen molar-refractivity contribution in [1.29, 1.82) is 0 Å². The number of hydrogen-bond acceptors (Lipinski definition) is 5. The Bertz CT molecular complexity index is 488. The molecule has 6 nitrogen and oxygen atoms in total. The first-order valence-electron chi connectivity index (χ1n) is 6.38. The Labute approximate surface area is 117 Å². The Balaban J connectivity index is 2.15. The van der Waals surface area contributed by atoms with Gasteiger partial charge in [-0.25, -0.2) is 0 Å². The zero-order chi connectivity index (χ0) is 14.5. The zero-order valence-corrected chi connectivity index (χ0v) is 11.6. The van der Waals surface area contributed by atoms with Crippen molar-refractivity contribution in [2.24, 2.45) is 0 Å². The Morgan fingerprint density at radius 3 is 2.65 bits per heavy atom. The van der Waals surface area contributed by atoms with E-state index in [1.807, 2.05) is 24.3 Å². The van der Waals surface area contributed by atoms with Crippen LogP contribution in [0.2, 0.25) is 0 Å². The second kappa shape index (κ2) is 6.49. The number of carbonyl (C=O) groups excluding carboxylic acids is 2. The maximum Gasteiger partial charge on any atom is 0.255 e. The molecule has 1 aliphatic heterocycles. The predicted octanol–water partition coefficient (Wildman–Crippen LogP) is 0.341. The van der Waals surface area contributed by atoms with Gasteiger partial charge < -0.3 is 14.8 Å². The highest BCUT2D eigenvalue weighted by Crippen LogP contribution is 2.20. The quantitative estimate of drug-likeness (QED) is 0.787. The normalized spacial score (nSPS) is 17.2. The molecule has 0 aromatic heterocycles. The van der Waals surface area contributed by atoms with Crippen molar-refractivity contribution >= 4 is 11.8 Å². The molecule has 0 saturated carbocycles. The van der Waals surface area contributed by atoms with Gasteiger partial charge in [0.05, 0.1) is 13.2 Å². The number of nitrogens with zero attached hydrogens (tertiary/aromatic N) is 1. The summed E-state index contributed by atoms with van der Waals surface area (Å²) in [6, 6.07) is 7.40. The first-order chi connectivity index (χ1) is 9.65. The smallest absolute Gasteiger partial charge is 0.255 e. The van der Waals surface area contributed by atoms with Gasteiger partial charge in [-0.15, -0.1) is 0 Å². The number of morpholine rings is 1. The molecule has 1 aromatic rings. The maximum atomic E-state index is 11.7. The molecule has 0 aliphatic carbocycles. The van der Waals surface area contributed by atoms with Crippen LogP contribution in [0.15, 0.2) is 24.3 Å². The Hall–Kier alpha value is -1.92. The molecular weight excluding hydrogens is 260 g/mol. The molecule has 20 heavy (non-hydrogen) atoms. The maximum absolute atomic E-state index is 11.7. The minimum atomic E-state index is -0.301. The fourth-order valence-electron chi connectivity index (χ4n) is 2.13. The lowest BCUT2D eigenvalue weighted by molar-refractivity contribution is -0.158. The molecule has 1 fully saturated rings. The monoisotopic (exact) mass is 278 g/mol. The first-order valence-corrected chi connectivity index (χ1v) is 6.38. The second-order valence-electron chi connectivity index (χ2n) is 4.51. The molecule has 2 amide bonds. The fourth-order valence-corrected chi connectivity index (χ4v) is 2.13. The van der Waals surface area contributed by atoms with E-state index in [4.69, 9.17) is 9.47 Å². The van der Waals surface area contributed by atoms with E-state index in [1.165, 1.54) is 4.90 Å². The highest BCUT2D eigenvalue weighted by atomic mass is 16.5. The predicted molar refractivity (Wildman–Crippen MR) is 72.3 cm³/mol. The van der Waals surface area contributed by atoms with E-state index in [9.17, 15) is 9.59 Å². The number of nitrogens with one attached hydrogen (secondary N) is 1. The summed E-state index contributed by atoms with van der Waals surface area (Å²) >= 11 is 0. The van der Waals surface area contributed by atoms with Crippen molar-refractivity contribution in [3.8, 4) is 5.75 Å². The van der Waals surface area contributed by atoms with E-state index in [-0.39, 0.29) is 37.6 Å². The van der Waals surface area contributed by atoms with Gasteiger partial charge in [-0.2, -0.15) is 0 Å². The molecule has 0 radical (unpaired) electrons. The van der Waals surface area contributed by atoms with Gasteiger partial charge >= 0.3 is 0 Å². The summed E-state index contributed by atoms with van der Waals surface area (Å²) in [5, 5.41) is 3.12. The number of ether oxygens (including phenoxy) is 2. The van der Waals surface area contributed by atoms with Gasteiger partial charge in [0.2, 0.25) is 0 Å². The third-order valence-electron chi connectivity index (χ3n) is 3.26. The fraction of sp³-hybridized carbons (Fsp3) is 0.429. The summed E-state index contributed by atoms with van der Waals surface area (Å²) in [6.45, 7) is 0.200. The van der Waals surface area contributed by atoms with Gasteiger partial charge in [-0.05, 0) is 24.7 Å². The number of hydrogen-bond donors (Lipinski definition) is 1. The van der Waals surface area contributed by atoms with Crippen LogP contribution < -0.4 is 10.1 Å². The molecule has 1 heterocycles. The van der Waals surface area contributed by atoms with Gasteiger partial charge in [0.1, 0.15) is 19.0 Å². The highest BCUT2D eigenvalue weighted by molar-refractivity contribution is 5.98. The molecule has 1 unspecified atom stereocenters. The standard InChI is InChI=1S/C14H18N2O4/c1-15-12(10-4-3-5-11(6-10)19-2)7-16-13(17)8-20-9-14(16)18/h3-6,12,15H,7-9H2,1-2H3. The van der Waals surface area contributed by atoms with Crippen molar-refractivity contribution < 1.29 is 19.1 Å². The van der Waals surface area contributed by atoms with E-state index in [1.54, 1.807) is 14.2 Å². The van der Waals surface area contributed by atoms with Crippen LogP contribution in [-0.2, 0) is 14.3 Å². The summed E-state index contributed by atoms with van der Waals surface area (Å²) < 4.78 is 10.1. The number of carbonyl (C=O) groups is 2. The molecule has 2 rings (SSSR count). The van der Waals surface area contributed by atoms with Crippen LogP contribution in [0.25, 0.3) is 0 Å². The van der Waals surface area contributed by atoms with E-state index in [0.29, 0.717) is 0 Å². The summed E-state index contributed by atoms with van der Waals surface area (Å²) in [7, 11) is 3.39. The van der Waals surface area contributed by atoms with Gasteiger partial charge in [-0.3, -0.25) is 14.5 Å². The molecular formula is C14H18N2O4. The summed E-state index contributed by atoms with van der Waals surface area (Å²) in [6.07, 6.45) is 0. The molecule has 0 bridgehead atoms. The molecule has 1 atom stereocenters. The molecule has 6 heteroatoms. The first kappa shape index (κ1) is 14.5. The lowest BCUT2D eigenvalue weighted by Crippen LogP contribution is -2.49. The molecule has 1 aliphatic rings. The number of imide groups is 1. The largest absolute Gasteiger partial charge is 0.497 e. The molecule has 1 saturated heterocycles. The van der Waals surface area contributed by atoms with Crippen molar-refractivity contribution in [2.45, 2.75) is 6.04 Å². The van der Waals surface area contributed by atoms with Crippen LogP contribution in [0.3, 0.4) is 0 Å². The second-order valence-corrected chi connectivity index (χ2v) is 4.51. The number of likely N-dealkylation sites (N-methyl/N-ethyl adjacent to an activating group) is 1. The minimum absolute atomic E-state index is 0.0414. The van der Waals surface area contributed by atoms with Crippen molar-refractivity contribution in [1.82, 2.24) is 10.2 Å². The lowest BCUT2D eigenvalue weighted by Gasteiger charge is -2.29. The van der Waals surface area contributed by atoms with E-state index >= 15 is 0 Å². The van der Waals surface area contributed by atoms with Gasteiger partial charge in [-0.1, -0.05) is 12.1 Å². The number of amides is 2. The summed E-state index contributed by atoms with van der Waals surface area (Å²) in [5.41, 5.74) is 0.957. The average molecular weight is 278 g/mol. The van der Waals surface area contributed by atoms with Crippen LogP contribution in [0, 0.1) is 0 Å². The van der Waals surface area contributed by atoms with E-state index < -0.39 is 0 Å². The van der Waals surface area contributed by atoms with Crippen LogP contribution in [0.1, 0.15) is 11.6 Å². The highest BCUT2D eigenvalue weighted by Gasteiger charge is 2.29. The number of rotatable bonds is 5. The van der Waals surface area contributed by atoms with E-state index in [0.717, 1.165) is 11.3 Å². The summed E-state index contributed by atoms with van der Waals surface area (Å²) in [5.74, 6) is 0.135. The number of benzene rings is 1. The Morgan fingerprint density at radius 1 is 1.35 bits per heavy atom. The van der Waals surface area contributed by atoms with Crippen LogP contribution in [-0.4, -0.2) is 50.6 Å². The Morgan fingerprint density at radius 2 is 2.05 bits per heavy atom. The van der Waals surface area contributed by atoms with Crippen LogP contribution >= 0.6 is 0 Å². The van der Waals surface area contributed by atoms with E-state index in [2.05, 4.69) is 5.32 Å². The number of methoxy groups -OCH3 is 1. The van der Waals surface area contributed by atoms with Gasteiger partial charge in [0, 0.05) is 6.54 Å². The zero-order valence-electron chi connectivity index (χ0n) is 11.6. The molecule has 108 valence electrons. The SMILES string of the molecule is CNC(CN1C(=O)COCC1=O)c1cccc(OC)c1. The average Bonchev–Trinajstić information content (AvgIpc) is 2.47. The van der Waals surface area contributed by atoms with Crippen molar-refractivity contribution in [3.63, 3.8) is 0 Å². The molecule has 1 aromatic carbocycles. The minimum Gasteiger partial charge on any atom is -0.497 e. The van der Waals surface area contributed by atoms with Crippen LogP contribution in [0.5, 0.6) is 5.75 Å². The Kier molecular flexibility index (Phi) is 4.70. The molecule has 1 N–H and O–H groups in total. The van der Waals surface area contributed by atoms with Gasteiger partial charge in [0.15, 0.2) is 0 Å². The third kappa shape index (κ3) is 3.15. The molecule has 0 spiro atoms. The van der Waals surface area contributed by atoms with Crippen LogP contribution in [0.4, 0.5) is 0 Å². The summed E-state index contributed by atoms with van der Waals surface area (Å²) in [4.78, 5) is 24.7. The van der Waals surface area contributed by atoms with Gasteiger partial charge in [0.25, 0.3) is 11.8 Å². The third-order valence-corrected chi connectivity index (χ3v) is 3.26. The lowest BCUT2D eigenvalue weighted by atomic mass is 10.1.